The number of nitrogens with zero attached hydrogens (tertiary/aromatic N) is 2. The first-order valence-electron chi connectivity index (χ1n) is 9.10. The molecule has 1 N–H and O–H groups in total. The largest absolute Gasteiger partial charge is 0.351 e. The number of benzene rings is 1. The van der Waals surface area contributed by atoms with Crippen LogP contribution in [0, 0.1) is 5.92 Å². The van der Waals surface area contributed by atoms with Gasteiger partial charge in [0.2, 0.25) is 26.0 Å². The first-order chi connectivity index (χ1) is 12.7. The van der Waals surface area contributed by atoms with Gasteiger partial charge in [0.1, 0.15) is 0 Å². The molecule has 1 atom stereocenters. The van der Waals surface area contributed by atoms with Gasteiger partial charge in [-0.15, -0.1) is 0 Å². The number of carbonyl (C=O) groups excluding carboxylic acids is 1. The summed E-state index contributed by atoms with van der Waals surface area (Å²) in [5.74, 6) is -0.559. The summed E-state index contributed by atoms with van der Waals surface area (Å²) in [5, 5.41) is 2.90. The number of hydrogen-bond acceptors (Lipinski definition) is 5. The van der Waals surface area contributed by atoms with Crippen LogP contribution in [0.4, 0.5) is 0 Å². The average Bonchev–Trinajstić information content (AvgIpc) is 2.60. The van der Waals surface area contributed by atoms with Crippen LogP contribution < -0.4 is 5.32 Å². The Morgan fingerprint density at radius 2 is 1.61 bits per heavy atom. The van der Waals surface area contributed by atoms with Gasteiger partial charge in [0.15, 0.2) is 0 Å². The van der Waals surface area contributed by atoms with Crippen LogP contribution in [-0.2, 0) is 24.8 Å². The summed E-state index contributed by atoms with van der Waals surface area (Å²) in [6, 6.07) is 5.17. The third-order valence-corrected chi connectivity index (χ3v) is 8.20. The normalized spacial score (nSPS) is 19.6. The van der Waals surface area contributed by atoms with E-state index in [1.54, 1.807) is 0 Å². The van der Waals surface area contributed by atoms with Gasteiger partial charge in [-0.25, -0.2) is 21.1 Å². The number of piperidine rings is 1. The second-order valence-corrected chi connectivity index (χ2v) is 12.3. The maximum Gasteiger partial charge on any atom is 0.243 e. The van der Waals surface area contributed by atoms with Crippen LogP contribution in [0.15, 0.2) is 34.1 Å². The fraction of sp³-hybridized carbons (Fsp3) is 0.611. The molecule has 8 nitrogen and oxygen atoms in total. The van der Waals surface area contributed by atoms with E-state index in [4.69, 9.17) is 0 Å². The van der Waals surface area contributed by atoms with Crippen molar-refractivity contribution in [2.45, 2.75) is 48.9 Å². The minimum atomic E-state index is -3.81. The maximum absolute atomic E-state index is 13.0. The highest BCUT2D eigenvalue weighted by Crippen LogP contribution is 2.25. The Kier molecular flexibility index (Phi) is 6.59. The summed E-state index contributed by atoms with van der Waals surface area (Å²) < 4.78 is 52.6. The van der Waals surface area contributed by atoms with Crippen molar-refractivity contribution in [3.05, 3.63) is 24.3 Å². The molecule has 1 fully saturated rings. The molecule has 1 heterocycles. The number of rotatable bonds is 5. The topological polar surface area (TPSA) is 104 Å². The van der Waals surface area contributed by atoms with Gasteiger partial charge in [0.05, 0.1) is 15.7 Å². The van der Waals surface area contributed by atoms with E-state index in [-0.39, 0.29) is 27.8 Å². The molecule has 2 rings (SSSR count). The predicted molar refractivity (Wildman–Crippen MR) is 107 cm³/mol. The molecule has 0 saturated carbocycles. The summed E-state index contributed by atoms with van der Waals surface area (Å²) in [7, 11) is -4.61. The van der Waals surface area contributed by atoms with E-state index in [9.17, 15) is 21.6 Å². The van der Waals surface area contributed by atoms with E-state index in [1.807, 2.05) is 20.8 Å². The highest BCUT2D eigenvalue weighted by Gasteiger charge is 2.34. The van der Waals surface area contributed by atoms with Gasteiger partial charge in [-0.2, -0.15) is 4.31 Å². The second kappa shape index (κ2) is 8.10. The maximum atomic E-state index is 13.0. The van der Waals surface area contributed by atoms with E-state index >= 15 is 0 Å². The van der Waals surface area contributed by atoms with Crippen LogP contribution in [0.2, 0.25) is 0 Å². The van der Waals surface area contributed by atoms with Gasteiger partial charge in [0, 0.05) is 32.7 Å². The predicted octanol–water partition coefficient (Wildman–Crippen LogP) is 1.25. The van der Waals surface area contributed by atoms with Crippen LogP contribution >= 0.6 is 0 Å². The summed E-state index contributed by atoms with van der Waals surface area (Å²) in [4.78, 5) is 12.5. The molecule has 1 saturated heterocycles. The lowest BCUT2D eigenvalue weighted by Crippen LogP contribution is -2.49. The second-order valence-electron chi connectivity index (χ2n) is 8.20. The number of hydrogen-bond donors (Lipinski definition) is 1. The molecule has 28 heavy (non-hydrogen) atoms. The minimum Gasteiger partial charge on any atom is -0.351 e. The van der Waals surface area contributed by atoms with Crippen molar-refractivity contribution in [1.82, 2.24) is 13.9 Å². The van der Waals surface area contributed by atoms with E-state index in [2.05, 4.69) is 5.32 Å². The van der Waals surface area contributed by atoms with Gasteiger partial charge in [-0.05, 0) is 57.9 Å². The van der Waals surface area contributed by atoms with Crippen molar-refractivity contribution in [3.63, 3.8) is 0 Å². The molecule has 1 aromatic rings. The molecule has 1 amide bonds. The number of nitrogens with one attached hydrogen (secondary N) is 1. The monoisotopic (exact) mass is 431 g/mol. The van der Waals surface area contributed by atoms with Crippen LogP contribution in [0.25, 0.3) is 0 Å². The van der Waals surface area contributed by atoms with Crippen LogP contribution in [-0.4, -0.2) is 64.1 Å². The lowest BCUT2D eigenvalue weighted by molar-refractivity contribution is -0.127. The lowest BCUT2D eigenvalue weighted by Gasteiger charge is -2.33. The van der Waals surface area contributed by atoms with Crippen molar-refractivity contribution >= 4 is 26.0 Å². The molecule has 158 valence electrons. The van der Waals surface area contributed by atoms with Crippen molar-refractivity contribution in [2.75, 3.05) is 27.2 Å². The molecular formula is C18H29N3O5S2. The summed E-state index contributed by atoms with van der Waals surface area (Å²) in [5.41, 5.74) is -0.383. The first kappa shape index (κ1) is 22.8. The molecule has 0 unspecified atom stereocenters. The molecule has 0 aliphatic carbocycles. The minimum absolute atomic E-state index is 0.0158. The van der Waals surface area contributed by atoms with Gasteiger partial charge in [-0.1, -0.05) is 0 Å². The number of sulfonamides is 2. The molecule has 1 aromatic carbocycles. The van der Waals surface area contributed by atoms with Crippen molar-refractivity contribution in [3.8, 4) is 0 Å². The fourth-order valence-corrected chi connectivity index (χ4v) is 5.42. The molecule has 1 aliphatic rings. The first-order valence-corrected chi connectivity index (χ1v) is 12.0. The van der Waals surface area contributed by atoms with Crippen LogP contribution in [0.1, 0.15) is 33.6 Å². The Labute approximate surface area is 168 Å². The van der Waals surface area contributed by atoms with Crippen molar-refractivity contribution in [1.29, 1.82) is 0 Å². The Balaban J connectivity index is 2.21. The van der Waals surface area contributed by atoms with Gasteiger partial charge in [-0.3, -0.25) is 4.79 Å². The number of amides is 1. The van der Waals surface area contributed by atoms with E-state index in [1.165, 1.54) is 42.7 Å². The third-order valence-electron chi connectivity index (χ3n) is 4.49. The Hall–Kier alpha value is -1.49. The smallest absolute Gasteiger partial charge is 0.243 e. The van der Waals surface area contributed by atoms with Crippen LogP contribution in [0.5, 0.6) is 0 Å². The van der Waals surface area contributed by atoms with Crippen molar-refractivity contribution < 1.29 is 21.6 Å². The van der Waals surface area contributed by atoms with Crippen molar-refractivity contribution in [2.24, 2.45) is 5.92 Å². The highest BCUT2D eigenvalue weighted by atomic mass is 32.2. The fourth-order valence-electron chi connectivity index (χ4n) is 2.99. The molecule has 0 spiro atoms. The van der Waals surface area contributed by atoms with Gasteiger partial charge >= 0.3 is 0 Å². The number of carbonyl (C=O) groups is 1. The van der Waals surface area contributed by atoms with E-state index < -0.39 is 26.0 Å². The Morgan fingerprint density at radius 3 is 2.11 bits per heavy atom. The van der Waals surface area contributed by atoms with E-state index in [0.29, 0.717) is 19.4 Å². The average molecular weight is 432 g/mol. The van der Waals surface area contributed by atoms with Crippen LogP contribution in [0.3, 0.4) is 0 Å². The summed E-state index contributed by atoms with van der Waals surface area (Å²) >= 11 is 0. The standard InChI is InChI=1S/C18H29N3O5S2/c1-18(2,3)19-17(22)14-7-6-12-21(13-14)28(25,26)16-10-8-15(9-11-16)27(23,24)20(4)5/h8-11,14H,6-7,12-13H2,1-5H3,(H,19,22)/t14-/m1/s1. The zero-order valence-electron chi connectivity index (χ0n) is 17.0. The SMILES string of the molecule is CN(C)S(=O)(=O)c1ccc(S(=O)(=O)N2CCC[C@@H](C(=O)NC(C)(C)C)C2)cc1. The molecule has 1 aliphatic heterocycles. The van der Waals surface area contributed by atoms with Gasteiger partial charge < -0.3 is 5.32 Å². The third kappa shape index (κ3) is 5.11. The lowest BCUT2D eigenvalue weighted by atomic mass is 9.97. The van der Waals surface area contributed by atoms with Gasteiger partial charge in [0.25, 0.3) is 0 Å². The molecule has 0 bridgehead atoms. The van der Waals surface area contributed by atoms with E-state index in [0.717, 1.165) is 4.31 Å². The Morgan fingerprint density at radius 1 is 1.07 bits per heavy atom. The molecular weight excluding hydrogens is 402 g/mol. The molecule has 10 heteroatoms. The highest BCUT2D eigenvalue weighted by molar-refractivity contribution is 7.89. The molecule has 0 radical (unpaired) electrons. The Bertz CT molecular complexity index is 917. The zero-order chi connectivity index (χ0) is 21.3. The quantitative estimate of drug-likeness (QED) is 0.756. The molecule has 0 aromatic heterocycles. The summed E-state index contributed by atoms with van der Waals surface area (Å²) in [6.45, 7) is 6.09. The summed E-state index contributed by atoms with van der Waals surface area (Å²) in [6.07, 6.45) is 1.22. The zero-order valence-corrected chi connectivity index (χ0v) is 18.6.